The summed E-state index contributed by atoms with van der Waals surface area (Å²) >= 11 is 0. The van der Waals surface area contributed by atoms with Crippen molar-refractivity contribution >= 4 is 49.7 Å². The van der Waals surface area contributed by atoms with E-state index in [0.29, 0.717) is 24.7 Å². The minimum atomic E-state index is -1.16. The summed E-state index contributed by atoms with van der Waals surface area (Å²) in [5.41, 5.74) is 10.3. The van der Waals surface area contributed by atoms with Crippen LogP contribution in [0.5, 0.6) is 0 Å². The first kappa shape index (κ1) is 24.2. The topological polar surface area (TPSA) is 132 Å². The van der Waals surface area contributed by atoms with Gasteiger partial charge in [0.2, 0.25) is 0 Å². The van der Waals surface area contributed by atoms with Crippen LogP contribution in [0.3, 0.4) is 0 Å². The molecule has 0 aromatic rings. The Morgan fingerprint density at radius 3 is 1.11 bits per heavy atom. The average Bonchev–Trinajstić information content (AvgIpc) is 2.16. The first-order valence-corrected chi connectivity index (χ1v) is 6.00. The van der Waals surface area contributed by atoms with E-state index in [9.17, 15) is 19.8 Å². The summed E-state index contributed by atoms with van der Waals surface area (Å²) in [5.74, 6) is -1.69. The summed E-state index contributed by atoms with van der Waals surface area (Å²) in [6.07, 6.45) is 0.977. The van der Waals surface area contributed by atoms with Crippen molar-refractivity contribution in [3.8, 4) is 0 Å². The van der Waals surface area contributed by atoms with Crippen LogP contribution in [-0.4, -0.2) is 61.8 Å². The molecule has 0 fully saturated rings. The Kier molecular flexibility index (Phi) is 16.7. The van der Waals surface area contributed by atoms with Gasteiger partial charge in [-0.25, -0.2) is 0 Å². The molecule has 6 nitrogen and oxygen atoms in total. The molecule has 0 saturated heterocycles. The molecular formula is C12H24CaN2O4. The van der Waals surface area contributed by atoms with Crippen molar-refractivity contribution in [3.63, 3.8) is 0 Å². The van der Waals surface area contributed by atoms with Crippen LogP contribution in [0, 0.1) is 11.8 Å². The molecule has 19 heavy (non-hydrogen) atoms. The van der Waals surface area contributed by atoms with E-state index in [2.05, 4.69) is 0 Å². The molecule has 0 saturated carbocycles. The molecule has 0 aromatic carbocycles. The molecule has 0 bridgehead atoms. The fraction of sp³-hybridized carbons (Fsp3) is 0.833. The summed E-state index contributed by atoms with van der Waals surface area (Å²) in [5, 5.41) is 20.0. The van der Waals surface area contributed by atoms with Gasteiger partial charge in [-0.1, -0.05) is 27.7 Å². The fourth-order valence-electron chi connectivity index (χ4n) is 1.21. The van der Waals surface area contributed by atoms with Crippen molar-refractivity contribution in [3.05, 3.63) is 0 Å². The second kappa shape index (κ2) is 13.1. The van der Waals surface area contributed by atoms with Gasteiger partial charge in [-0.2, -0.15) is 0 Å². The van der Waals surface area contributed by atoms with Crippen molar-refractivity contribution in [2.24, 2.45) is 23.3 Å². The maximum absolute atomic E-state index is 10.00. The van der Waals surface area contributed by atoms with Crippen molar-refractivity contribution in [1.29, 1.82) is 0 Å². The van der Waals surface area contributed by atoms with Crippen LogP contribution in [0.25, 0.3) is 0 Å². The summed E-state index contributed by atoms with van der Waals surface area (Å²) in [6, 6.07) is -1.60. The minimum absolute atomic E-state index is 0. The van der Waals surface area contributed by atoms with Gasteiger partial charge < -0.3 is 31.3 Å². The first-order chi connectivity index (χ1) is 8.07. The average molecular weight is 300 g/mol. The van der Waals surface area contributed by atoms with Gasteiger partial charge in [-0.05, 0) is 24.7 Å². The van der Waals surface area contributed by atoms with Gasteiger partial charge in [0.15, 0.2) is 0 Å². The van der Waals surface area contributed by atoms with E-state index in [1.54, 1.807) is 0 Å². The number of rotatable bonds is 6. The zero-order chi connectivity index (χ0) is 14.9. The third kappa shape index (κ3) is 18.1. The number of aliphatic carboxylic acids is 2. The Hall–Kier alpha value is 0.120. The second-order valence-corrected chi connectivity index (χ2v) is 5.11. The maximum Gasteiger partial charge on any atom is 2.00 e. The minimum Gasteiger partial charge on any atom is -0.548 e. The van der Waals surface area contributed by atoms with Crippen LogP contribution in [0.4, 0.5) is 0 Å². The van der Waals surface area contributed by atoms with E-state index in [1.807, 2.05) is 27.7 Å². The molecule has 2 atom stereocenters. The number of nitrogens with two attached hydrogens (primary N) is 2. The van der Waals surface area contributed by atoms with E-state index in [-0.39, 0.29) is 37.7 Å². The van der Waals surface area contributed by atoms with Gasteiger partial charge >= 0.3 is 37.7 Å². The first-order valence-electron chi connectivity index (χ1n) is 6.00. The summed E-state index contributed by atoms with van der Waals surface area (Å²) < 4.78 is 0. The van der Waals surface area contributed by atoms with Gasteiger partial charge in [-0.15, -0.1) is 0 Å². The monoisotopic (exact) mass is 300 g/mol. The molecule has 0 aromatic heterocycles. The smallest absolute Gasteiger partial charge is 0.548 e. The van der Waals surface area contributed by atoms with Gasteiger partial charge in [0.05, 0.1) is 11.9 Å². The molecule has 0 amide bonds. The van der Waals surface area contributed by atoms with Crippen LogP contribution in [-0.2, 0) is 9.59 Å². The van der Waals surface area contributed by atoms with Gasteiger partial charge in [0.25, 0.3) is 0 Å². The molecule has 7 heteroatoms. The number of carboxylic acids is 2. The summed E-state index contributed by atoms with van der Waals surface area (Å²) in [7, 11) is 0. The molecule has 0 heterocycles. The zero-order valence-corrected chi connectivity index (χ0v) is 14.4. The molecule has 108 valence electrons. The molecule has 4 N–H and O–H groups in total. The Bertz CT molecular complexity index is 234. The van der Waals surface area contributed by atoms with Gasteiger partial charge in [0.1, 0.15) is 0 Å². The molecular weight excluding hydrogens is 276 g/mol. The van der Waals surface area contributed by atoms with Crippen molar-refractivity contribution in [2.75, 3.05) is 0 Å². The Balaban J connectivity index is -0.000000256. The van der Waals surface area contributed by atoms with Crippen LogP contribution in [0.2, 0.25) is 0 Å². The summed E-state index contributed by atoms with van der Waals surface area (Å²) in [6.45, 7) is 7.68. The van der Waals surface area contributed by atoms with Crippen molar-refractivity contribution in [1.82, 2.24) is 0 Å². The molecule has 0 aliphatic rings. The van der Waals surface area contributed by atoms with E-state index in [1.165, 1.54) is 0 Å². The predicted molar refractivity (Wildman–Crippen MR) is 70.6 cm³/mol. The van der Waals surface area contributed by atoms with Crippen LogP contribution in [0.1, 0.15) is 40.5 Å². The summed E-state index contributed by atoms with van der Waals surface area (Å²) in [4.78, 5) is 20.0. The second-order valence-electron chi connectivity index (χ2n) is 5.11. The molecule has 0 aliphatic heterocycles. The molecule has 0 radical (unpaired) electrons. The zero-order valence-electron chi connectivity index (χ0n) is 12.2. The standard InChI is InChI=1S/2C6H13NO2.Ca/c2*1-4(2)3-5(7)6(8)9;/h2*4-5H,3,7H2,1-2H3,(H,8,9);/q;;+2/p-2. The fourth-order valence-corrected chi connectivity index (χ4v) is 1.21. The number of carboxylic acid groups (broad SMARTS) is 2. The van der Waals surface area contributed by atoms with Crippen molar-refractivity contribution < 1.29 is 19.8 Å². The van der Waals surface area contributed by atoms with E-state index < -0.39 is 24.0 Å². The number of carbonyl (C=O) groups is 2. The third-order valence-corrected chi connectivity index (χ3v) is 2.06. The SMILES string of the molecule is CC(C)CC(N)C(=O)[O-].CC(C)CC(N)C(=O)[O-].[Ca+2]. The third-order valence-electron chi connectivity index (χ3n) is 2.06. The molecule has 0 rings (SSSR count). The maximum atomic E-state index is 10.00. The number of hydrogen-bond acceptors (Lipinski definition) is 6. The molecule has 0 aliphatic carbocycles. The van der Waals surface area contributed by atoms with Crippen LogP contribution < -0.4 is 21.7 Å². The van der Waals surface area contributed by atoms with E-state index in [4.69, 9.17) is 11.5 Å². The Labute approximate surface area is 144 Å². The normalized spacial score (nSPS) is 13.1. The quantitative estimate of drug-likeness (QED) is 0.537. The van der Waals surface area contributed by atoms with E-state index >= 15 is 0 Å². The molecule has 0 spiro atoms. The largest absolute Gasteiger partial charge is 2.00 e. The van der Waals surface area contributed by atoms with E-state index in [0.717, 1.165) is 0 Å². The van der Waals surface area contributed by atoms with Gasteiger partial charge in [0, 0.05) is 12.1 Å². The van der Waals surface area contributed by atoms with Crippen molar-refractivity contribution in [2.45, 2.75) is 52.6 Å². The Morgan fingerprint density at radius 2 is 1.05 bits per heavy atom. The predicted octanol–water partition coefficient (Wildman–Crippen LogP) is -2.16. The van der Waals surface area contributed by atoms with Crippen LogP contribution in [0.15, 0.2) is 0 Å². The Morgan fingerprint density at radius 1 is 0.842 bits per heavy atom. The number of hydrogen-bond donors (Lipinski definition) is 2. The van der Waals surface area contributed by atoms with Gasteiger partial charge in [-0.3, -0.25) is 0 Å². The number of carbonyl (C=O) groups excluding carboxylic acids is 2. The van der Waals surface area contributed by atoms with Crippen LogP contribution >= 0.6 is 0 Å². The molecule has 2 unspecified atom stereocenters.